The number of ketones is 1. The number of nitrogens with zero attached hydrogens (tertiary/aromatic N) is 4. The molecule has 0 spiro atoms. The van der Waals surface area contributed by atoms with Gasteiger partial charge in [0.2, 0.25) is 5.78 Å². The van der Waals surface area contributed by atoms with Gasteiger partial charge in [0.1, 0.15) is 5.75 Å². The third-order valence-corrected chi connectivity index (χ3v) is 3.64. The van der Waals surface area contributed by atoms with E-state index >= 15 is 0 Å². The summed E-state index contributed by atoms with van der Waals surface area (Å²) < 4.78 is 6.87. The molecule has 0 aliphatic carbocycles. The van der Waals surface area contributed by atoms with Crippen molar-refractivity contribution in [3.8, 4) is 5.75 Å². The Hall–Kier alpha value is -2.28. The third kappa shape index (κ3) is 2.92. The number of carbonyl (C=O) groups is 1. The first-order valence-corrected chi connectivity index (χ1v) is 6.94. The van der Waals surface area contributed by atoms with Crippen molar-refractivity contribution in [3.63, 3.8) is 0 Å². The van der Waals surface area contributed by atoms with Crippen LogP contribution in [0.1, 0.15) is 34.9 Å². The first-order chi connectivity index (χ1) is 10.3. The summed E-state index contributed by atoms with van der Waals surface area (Å²) in [7, 11) is 1.54. The van der Waals surface area contributed by atoms with Gasteiger partial charge in [-0.05, 0) is 32.0 Å². The van der Waals surface area contributed by atoms with Crippen LogP contribution in [0.15, 0.2) is 24.7 Å². The molecule has 0 atom stereocenters. The molecule has 3 rings (SSSR count). The minimum atomic E-state index is -0.193. The fourth-order valence-electron chi connectivity index (χ4n) is 2.43. The summed E-state index contributed by atoms with van der Waals surface area (Å²) >= 11 is 0. The molecule has 1 fully saturated rings. The number of carbonyl (C=O) groups excluding carboxylic acids is 1. The van der Waals surface area contributed by atoms with Gasteiger partial charge in [-0.25, -0.2) is 4.68 Å². The van der Waals surface area contributed by atoms with E-state index in [0.717, 1.165) is 25.9 Å². The number of aromatic nitrogens is 4. The highest BCUT2D eigenvalue weighted by Crippen LogP contribution is 2.18. The third-order valence-electron chi connectivity index (χ3n) is 3.64. The molecule has 0 unspecified atom stereocenters. The highest BCUT2D eigenvalue weighted by atomic mass is 16.5. The fourth-order valence-corrected chi connectivity index (χ4v) is 2.43. The van der Waals surface area contributed by atoms with Gasteiger partial charge < -0.3 is 10.1 Å². The van der Waals surface area contributed by atoms with E-state index in [1.54, 1.807) is 30.3 Å². The molecule has 21 heavy (non-hydrogen) atoms. The highest BCUT2D eigenvalue weighted by Gasteiger charge is 2.19. The summed E-state index contributed by atoms with van der Waals surface area (Å²) in [6.45, 7) is 1.93. The Morgan fingerprint density at radius 3 is 2.95 bits per heavy atom. The molecule has 1 aliphatic rings. The van der Waals surface area contributed by atoms with E-state index in [2.05, 4.69) is 20.6 Å². The lowest BCUT2D eigenvalue weighted by Crippen LogP contribution is -2.29. The number of ether oxygens (including phenoxy) is 1. The SMILES string of the molecule is COc1cncc(C(=O)c2cn(C3CCNCC3)nn2)c1. The number of piperidine rings is 1. The minimum Gasteiger partial charge on any atom is -0.495 e. The van der Waals surface area contributed by atoms with Crippen LogP contribution < -0.4 is 10.1 Å². The molecule has 0 bridgehead atoms. The van der Waals surface area contributed by atoms with Crippen molar-refractivity contribution < 1.29 is 9.53 Å². The summed E-state index contributed by atoms with van der Waals surface area (Å²) in [5.74, 6) is 0.355. The Balaban J connectivity index is 1.80. The van der Waals surface area contributed by atoms with E-state index in [-0.39, 0.29) is 5.78 Å². The number of rotatable bonds is 4. The van der Waals surface area contributed by atoms with Crippen molar-refractivity contribution in [2.75, 3.05) is 20.2 Å². The van der Waals surface area contributed by atoms with Gasteiger partial charge in [-0.15, -0.1) is 5.10 Å². The standard InChI is InChI=1S/C14H17N5O2/c1-21-12-6-10(7-16-8-12)14(20)13-9-19(18-17-13)11-2-4-15-5-3-11/h6-9,11,15H,2-5H2,1H3. The second-order valence-corrected chi connectivity index (χ2v) is 5.01. The first kappa shape index (κ1) is 13.7. The van der Waals surface area contributed by atoms with Crippen LogP contribution in [0.2, 0.25) is 0 Å². The molecule has 2 aromatic heterocycles. The molecule has 0 radical (unpaired) electrons. The Labute approximate surface area is 122 Å². The largest absolute Gasteiger partial charge is 0.495 e. The molecule has 0 aromatic carbocycles. The van der Waals surface area contributed by atoms with Crippen molar-refractivity contribution >= 4 is 5.78 Å². The van der Waals surface area contributed by atoms with Gasteiger partial charge in [0, 0.05) is 11.8 Å². The predicted molar refractivity (Wildman–Crippen MR) is 75.4 cm³/mol. The molecule has 0 saturated carbocycles. The fraction of sp³-hybridized carbons (Fsp3) is 0.429. The molecule has 7 heteroatoms. The lowest BCUT2D eigenvalue weighted by molar-refractivity contribution is 0.103. The van der Waals surface area contributed by atoms with Gasteiger partial charge in [0.25, 0.3) is 0 Å². The molecule has 3 heterocycles. The van der Waals surface area contributed by atoms with Crippen LogP contribution in [0.4, 0.5) is 0 Å². The minimum absolute atomic E-state index is 0.193. The van der Waals surface area contributed by atoms with E-state index < -0.39 is 0 Å². The normalized spacial score (nSPS) is 15.9. The second-order valence-electron chi connectivity index (χ2n) is 5.01. The maximum atomic E-state index is 12.4. The molecule has 1 aliphatic heterocycles. The molecule has 1 N–H and O–H groups in total. The lowest BCUT2D eigenvalue weighted by Gasteiger charge is -2.22. The molecular weight excluding hydrogens is 270 g/mol. The van der Waals surface area contributed by atoms with Crippen molar-refractivity contribution in [2.24, 2.45) is 0 Å². The molecule has 0 amide bonds. The number of methoxy groups -OCH3 is 1. The first-order valence-electron chi connectivity index (χ1n) is 6.94. The Bertz CT molecular complexity index is 634. The van der Waals surface area contributed by atoms with Crippen molar-refractivity contribution in [2.45, 2.75) is 18.9 Å². The van der Waals surface area contributed by atoms with Gasteiger partial charge in [-0.1, -0.05) is 5.21 Å². The van der Waals surface area contributed by atoms with Crippen molar-refractivity contribution in [1.82, 2.24) is 25.3 Å². The van der Waals surface area contributed by atoms with Crippen LogP contribution in [-0.4, -0.2) is 46.0 Å². The predicted octanol–water partition coefficient (Wildman–Crippen LogP) is 0.837. The van der Waals surface area contributed by atoms with Crippen LogP contribution in [0, 0.1) is 0 Å². The molecule has 110 valence electrons. The Kier molecular flexibility index (Phi) is 3.92. The summed E-state index contributed by atoms with van der Waals surface area (Å²) in [5.41, 5.74) is 0.787. The van der Waals surface area contributed by atoms with E-state index in [1.807, 2.05) is 0 Å². The van der Waals surface area contributed by atoms with E-state index in [4.69, 9.17) is 4.74 Å². The quantitative estimate of drug-likeness (QED) is 0.839. The van der Waals surface area contributed by atoms with Crippen LogP contribution in [0.25, 0.3) is 0 Å². The maximum Gasteiger partial charge on any atom is 0.216 e. The average Bonchev–Trinajstić information content (AvgIpc) is 3.05. The van der Waals surface area contributed by atoms with Crippen LogP contribution in [0.3, 0.4) is 0 Å². The summed E-state index contributed by atoms with van der Waals surface area (Å²) in [6, 6.07) is 1.96. The topological polar surface area (TPSA) is 81.9 Å². The highest BCUT2D eigenvalue weighted by molar-refractivity contribution is 6.07. The summed E-state index contributed by atoms with van der Waals surface area (Å²) in [4.78, 5) is 16.4. The van der Waals surface area contributed by atoms with Gasteiger partial charge in [-0.2, -0.15) is 0 Å². The van der Waals surface area contributed by atoms with Gasteiger partial charge in [0.15, 0.2) is 5.69 Å². The Morgan fingerprint density at radius 1 is 1.38 bits per heavy atom. The number of pyridine rings is 1. The van der Waals surface area contributed by atoms with E-state index in [9.17, 15) is 4.79 Å². The zero-order valence-electron chi connectivity index (χ0n) is 11.8. The van der Waals surface area contributed by atoms with E-state index in [0.29, 0.717) is 23.0 Å². The smallest absolute Gasteiger partial charge is 0.216 e. The summed E-state index contributed by atoms with van der Waals surface area (Å²) in [6.07, 6.45) is 6.78. The van der Waals surface area contributed by atoms with Gasteiger partial charge >= 0.3 is 0 Å². The van der Waals surface area contributed by atoms with Crippen molar-refractivity contribution in [3.05, 3.63) is 35.9 Å². The zero-order chi connectivity index (χ0) is 14.7. The van der Waals surface area contributed by atoms with Crippen LogP contribution in [0.5, 0.6) is 5.75 Å². The van der Waals surface area contributed by atoms with Gasteiger partial charge in [-0.3, -0.25) is 9.78 Å². The van der Waals surface area contributed by atoms with Crippen LogP contribution in [-0.2, 0) is 0 Å². The summed E-state index contributed by atoms with van der Waals surface area (Å²) in [5, 5.41) is 11.4. The van der Waals surface area contributed by atoms with Crippen LogP contribution >= 0.6 is 0 Å². The molecule has 2 aromatic rings. The lowest BCUT2D eigenvalue weighted by atomic mass is 10.1. The molecular formula is C14H17N5O2. The average molecular weight is 287 g/mol. The Morgan fingerprint density at radius 2 is 2.19 bits per heavy atom. The maximum absolute atomic E-state index is 12.4. The molecule has 7 nitrogen and oxygen atoms in total. The second kappa shape index (κ2) is 6.01. The van der Waals surface area contributed by atoms with E-state index in [1.165, 1.54) is 6.20 Å². The van der Waals surface area contributed by atoms with Crippen molar-refractivity contribution in [1.29, 1.82) is 0 Å². The number of hydrogen-bond acceptors (Lipinski definition) is 6. The van der Waals surface area contributed by atoms with Gasteiger partial charge in [0.05, 0.1) is 25.5 Å². The number of hydrogen-bond donors (Lipinski definition) is 1. The number of nitrogens with one attached hydrogen (secondary N) is 1. The molecule has 1 saturated heterocycles. The zero-order valence-corrected chi connectivity index (χ0v) is 11.8. The monoisotopic (exact) mass is 287 g/mol.